The van der Waals surface area contributed by atoms with Crippen molar-refractivity contribution in [3.05, 3.63) is 77.6 Å². The molecule has 1 aliphatic rings. The maximum atomic E-state index is 14.4. The number of hydrogen-bond acceptors (Lipinski definition) is 5. The number of carbonyl (C=O) groups is 2. The molecule has 34 heavy (non-hydrogen) atoms. The zero-order chi connectivity index (χ0) is 24.1. The first-order chi connectivity index (χ1) is 16.5. The van der Waals surface area contributed by atoms with E-state index in [1.165, 1.54) is 20.3 Å². The molecular formula is C26H26FN3O4. The minimum atomic E-state index is -0.331. The molecule has 0 fully saturated rings. The van der Waals surface area contributed by atoms with Gasteiger partial charge in [-0.2, -0.15) is 0 Å². The highest BCUT2D eigenvalue weighted by molar-refractivity contribution is 6.05. The Morgan fingerprint density at radius 1 is 0.941 bits per heavy atom. The molecule has 0 atom stereocenters. The van der Waals surface area contributed by atoms with Gasteiger partial charge in [0.05, 0.1) is 37.8 Å². The van der Waals surface area contributed by atoms with Crippen LogP contribution < -0.4 is 25.0 Å². The van der Waals surface area contributed by atoms with E-state index >= 15 is 0 Å². The summed E-state index contributed by atoms with van der Waals surface area (Å²) in [4.78, 5) is 27.2. The van der Waals surface area contributed by atoms with Gasteiger partial charge in [-0.05, 0) is 36.6 Å². The number of halogens is 1. The Bertz CT molecular complexity index is 1200. The summed E-state index contributed by atoms with van der Waals surface area (Å²) in [5, 5.41) is 5.63. The van der Waals surface area contributed by atoms with Crippen molar-refractivity contribution in [2.24, 2.45) is 0 Å². The predicted molar refractivity (Wildman–Crippen MR) is 130 cm³/mol. The number of anilines is 3. The van der Waals surface area contributed by atoms with Crippen LogP contribution in [0.4, 0.5) is 21.5 Å². The van der Waals surface area contributed by atoms with Crippen LogP contribution in [0.1, 0.15) is 22.3 Å². The number of carbonyl (C=O) groups excluding carboxylic acids is 2. The SMILES string of the molecule is COc1cc(NC(=O)c2ccccc2)c(OC)cc1NC(=O)CN1CCCc2cccc(F)c21. The summed E-state index contributed by atoms with van der Waals surface area (Å²) in [6.07, 6.45) is 1.63. The van der Waals surface area contributed by atoms with E-state index in [1.807, 2.05) is 12.1 Å². The number of amides is 2. The Morgan fingerprint density at radius 3 is 2.29 bits per heavy atom. The van der Waals surface area contributed by atoms with Crippen LogP contribution >= 0.6 is 0 Å². The standard InChI is InChI=1S/C26H26FN3O4/c1-33-22-15-21(29-26(32)18-8-4-3-5-9-18)23(34-2)14-20(22)28-24(31)16-30-13-7-11-17-10-6-12-19(27)25(17)30/h3-6,8-10,12,14-15H,7,11,13,16H2,1-2H3,(H,28,31)(H,29,32). The van der Waals surface area contributed by atoms with Crippen LogP contribution in [-0.4, -0.2) is 39.1 Å². The summed E-state index contributed by atoms with van der Waals surface area (Å²) >= 11 is 0. The first-order valence-electron chi connectivity index (χ1n) is 10.9. The number of aryl methyl sites for hydroxylation is 1. The number of para-hydroxylation sites is 1. The fourth-order valence-electron chi connectivity index (χ4n) is 4.09. The van der Waals surface area contributed by atoms with Gasteiger partial charge in [-0.25, -0.2) is 4.39 Å². The van der Waals surface area contributed by atoms with Gasteiger partial charge in [0, 0.05) is 24.2 Å². The average Bonchev–Trinajstić information content (AvgIpc) is 2.85. The number of ether oxygens (including phenoxy) is 2. The smallest absolute Gasteiger partial charge is 0.255 e. The summed E-state index contributed by atoms with van der Waals surface area (Å²) in [7, 11) is 2.94. The normalized spacial score (nSPS) is 12.5. The maximum absolute atomic E-state index is 14.4. The van der Waals surface area contributed by atoms with E-state index in [1.54, 1.807) is 47.4 Å². The van der Waals surface area contributed by atoms with E-state index in [-0.39, 0.29) is 24.2 Å². The molecule has 0 aromatic heterocycles. The number of fused-ring (bicyclic) bond motifs is 1. The van der Waals surface area contributed by atoms with Crippen LogP contribution in [0.3, 0.4) is 0 Å². The minimum absolute atomic E-state index is 0.00804. The van der Waals surface area contributed by atoms with Crippen molar-refractivity contribution in [3.63, 3.8) is 0 Å². The van der Waals surface area contributed by atoms with Gasteiger partial charge in [0.25, 0.3) is 5.91 Å². The van der Waals surface area contributed by atoms with Gasteiger partial charge in [-0.15, -0.1) is 0 Å². The predicted octanol–water partition coefficient (Wildman–Crippen LogP) is 4.49. The van der Waals surface area contributed by atoms with Gasteiger partial charge in [0.2, 0.25) is 5.91 Å². The van der Waals surface area contributed by atoms with E-state index in [2.05, 4.69) is 10.6 Å². The minimum Gasteiger partial charge on any atom is -0.494 e. The van der Waals surface area contributed by atoms with Crippen molar-refractivity contribution >= 4 is 28.9 Å². The summed E-state index contributed by atoms with van der Waals surface area (Å²) < 4.78 is 25.3. The molecule has 2 amide bonds. The lowest BCUT2D eigenvalue weighted by Gasteiger charge is -2.31. The molecule has 0 bridgehead atoms. The zero-order valence-electron chi connectivity index (χ0n) is 19.1. The number of nitrogens with one attached hydrogen (secondary N) is 2. The van der Waals surface area contributed by atoms with Crippen LogP contribution in [0.2, 0.25) is 0 Å². The molecule has 7 nitrogen and oxygen atoms in total. The molecule has 0 radical (unpaired) electrons. The fourth-order valence-corrected chi connectivity index (χ4v) is 4.09. The van der Waals surface area contributed by atoms with E-state index in [0.29, 0.717) is 40.7 Å². The summed E-state index contributed by atoms with van der Waals surface area (Å²) in [5.74, 6) is -0.249. The second-order valence-corrected chi connectivity index (χ2v) is 7.89. The van der Waals surface area contributed by atoms with Gasteiger partial charge < -0.3 is 25.0 Å². The molecule has 4 rings (SSSR count). The molecule has 0 saturated heterocycles. The first kappa shape index (κ1) is 23.1. The third-order valence-corrected chi connectivity index (χ3v) is 5.68. The number of rotatable bonds is 7. The van der Waals surface area contributed by atoms with Crippen LogP contribution in [-0.2, 0) is 11.2 Å². The number of hydrogen-bond donors (Lipinski definition) is 2. The van der Waals surface area contributed by atoms with Crippen LogP contribution in [0.5, 0.6) is 11.5 Å². The van der Waals surface area contributed by atoms with Gasteiger partial charge in [-0.3, -0.25) is 9.59 Å². The lowest BCUT2D eigenvalue weighted by Crippen LogP contribution is -2.37. The van der Waals surface area contributed by atoms with Crippen LogP contribution in [0, 0.1) is 5.82 Å². The lowest BCUT2D eigenvalue weighted by atomic mass is 10.0. The van der Waals surface area contributed by atoms with Crippen molar-refractivity contribution in [1.82, 2.24) is 0 Å². The second-order valence-electron chi connectivity index (χ2n) is 7.89. The highest BCUT2D eigenvalue weighted by Gasteiger charge is 2.23. The Hall–Kier alpha value is -4.07. The lowest BCUT2D eigenvalue weighted by molar-refractivity contribution is -0.115. The summed E-state index contributed by atoms with van der Waals surface area (Å²) in [5.41, 5.74) is 2.66. The van der Waals surface area contributed by atoms with Crippen molar-refractivity contribution in [2.75, 3.05) is 42.8 Å². The Morgan fingerprint density at radius 2 is 1.62 bits per heavy atom. The molecule has 176 valence electrons. The van der Waals surface area contributed by atoms with Gasteiger partial charge in [-0.1, -0.05) is 30.3 Å². The van der Waals surface area contributed by atoms with Crippen molar-refractivity contribution in [3.8, 4) is 11.5 Å². The average molecular weight is 464 g/mol. The Balaban J connectivity index is 1.52. The molecular weight excluding hydrogens is 437 g/mol. The van der Waals surface area contributed by atoms with Crippen LogP contribution in [0.15, 0.2) is 60.7 Å². The highest BCUT2D eigenvalue weighted by Crippen LogP contribution is 2.37. The number of nitrogens with zero attached hydrogens (tertiary/aromatic N) is 1. The molecule has 8 heteroatoms. The van der Waals surface area contributed by atoms with E-state index in [9.17, 15) is 14.0 Å². The third-order valence-electron chi connectivity index (χ3n) is 5.68. The van der Waals surface area contributed by atoms with E-state index < -0.39 is 0 Å². The topological polar surface area (TPSA) is 79.9 Å². The molecule has 1 heterocycles. The molecule has 0 saturated carbocycles. The van der Waals surface area contributed by atoms with Crippen LogP contribution in [0.25, 0.3) is 0 Å². The van der Waals surface area contributed by atoms with Gasteiger partial charge in [0.15, 0.2) is 0 Å². The molecule has 2 N–H and O–H groups in total. The molecule has 0 spiro atoms. The largest absolute Gasteiger partial charge is 0.494 e. The molecule has 0 unspecified atom stereocenters. The van der Waals surface area contributed by atoms with Crippen molar-refractivity contribution in [2.45, 2.75) is 12.8 Å². The molecule has 3 aromatic rings. The highest BCUT2D eigenvalue weighted by atomic mass is 19.1. The molecule has 3 aromatic carbocycles. The molecule has 1 aliphatic heterocycles. The monoisotopic (exact) mass is 463 g/mol. The number of methoxy groups -OCH3 is 2. The number of benzene rings is 3. The zero-order valence-corrected chi connectivity index (χ0v) is 19.1. The summed E-state index contributed by atoms with van der Waals surface area (Å²) in [6, 6.07) is 16.9. The Kier molecular flexibility index (Phi) is 6.96. The quantitative estimate of drug-likeness (QED) is 0.540. The molecule has 0 aliphatic carbocycles. The van der Waals surface area contributed by atoms with Gasteiger partial charge >= 0.3 is 0 Å². The van der Waals surface area contributed by atoms with E-state index in [0.717, 1.165) is 18.4 Å². The maximum Gasteiger partial charge on any atom is 0.255 e. The van der Waals surface area contributed by atoms with Crippen molar-refractivity contribution < 1.29 is 23.5 Å². The first-order valence-corrected chi connectivity index (χ1v) is 10.9. The van der Waals surface area contributed by atoms with E-state index in [4.69, 9.17) is 9.47 Å². The van der Waals surface area contributed by atoms with Gasteiger partial charge in [0.1, 0.15) is 17.3 Å². The summed E-state index contributed by atoms with van der Waals surface area (Å²) in [6.45, 7) is 0.582. The third kappa shape index (κ3) is 4.96. The fraction of sp³-hybridized carbons (Fsp3) is 0.231. The van der Waals surface area contributed by atoms with Crippen molar-refractivity contribution in [1.29, 1.82) is 0 Å². The Labute approximate surface area is 197 Å². The second kappa shape index (κ2) is 10.2.